The number of likely N-dealkylation sites (N-methyl/N-ethyl adjacent to an activating group) is 1. The molecule has 0 aliphatic heterocycles. The summed E-state index contributed by atoms with van der Waals surface area (Å²) >= 11 is 0. The summed E-state index contributed by atoms with van der Waals surface area (Å²) < 4.78 is 10.3. The Hall–Kier alpha value is -2.34. The smallest absolute Gasteiger partial charge is 0.349 e. The molecule has 2 aromatic rings. The number of amides is 1. The van der Waals surface area contributed by atoms with Crippen molar-refractivity contribution in [3.8, 4) is 0 Å². The van der Waals surface area contributed by atoms with Crippen molar-refractivity contribution in [2.45, 2.75) is 13.8 Å². The van der Waals surface area contributed by atoms with Crippen molar-refractivity contribution in [2.75, 3.05) is 45.3 Å². The lowest BCUT2D eigenvalue weighted by Crippen LogP contribution is -2.33. The van der Waals surface area contributed by atoms with Gasteiger partial charge in [0.1, 0.15) is 11.1 Å². The van der Waals surface area contributed by atoms with E-state index < -0.39 is 5.63 Å². The predicted molar refractivity (Wildman–Crippen MR) is 94.9 cm³/mol. The maximum atomic E-state index is 12.4. The first-order chi connectivity index (χ1) is 11.5. The van der Waals surface area contributed by atoms with Gasteiger partial charge in [-0.05, 0) is 32.0 Å². The van der Waals surface area contributed by atoms with Crippen LogP contribution < -0.4 is 10.5 Å². The zero-order chi connectivity index (χ0) is 17.7. The van der Waals surface area contributed by atoms with Crippen LogP contribution >= 0.6 is 0 Å². The number of benzene rings is 1. The van der Waals surface area contributed by atoms with E-state index in [2.05, 4.69) is 18.7 Å². The topological polar surface area (TPSA) is 63.0 Å². The van der Waals surface area contributed by atoms with Gasteiger partial charge in [-0.1, -0.05) is 0 Å². The molecule has 130 valence electrons. The summed E-state index contributed by atoms with van der Waals surface area (Å²) in [5.41, 5.74) is 0.901. The van der Waals surface area contributed by atoms with Crippen LogP contribution in [0.5, 0.6) is 0 Å². The van der Waals surface area contributed by atoms with Gasteiger partial charge in [0, 0.05) is 50.9 Å². The Morgan fingerprint density at radius 2 is 1.92 bits per heavy atom. The standard InChI is InChI=1S/C18H24N2O4/c1-5-20(6-2)14-8-7-13-11-15(18(22)24-16(13)12-14)17(21)19(3)9-10-23-4/h7-8,11-12H,5-6,9-10H2,1-4H3. The fourth-order valence-corrected chi connectivity index (χ4v) is 2.57. The zero-order valence-corrected chi connectivity index (χ0v) is 14.7. The minimum atomic E-state index is -0.617. The number of methoxy groups -OCH3 is 1. The number of hydrogen-bond donors (Lipinski definition) is 0. The third-order valence-corrected chi connectivity index (χ3v) is 4.06. The molecule has 6 nitrogen and oxygen atoms in total. The van der Waals surface area contributed by atoms with E-state index >= 15 is 0 Å². The SMILES string of the molecule is CCN(CC)c1ccc2cc(C(=O)N(C)CCOC)c(=O)oc2c1. The molecule has 0 N–H and O–H groups in total. The van der Waals surface area contributed by atoms with E-state index in [0.717, 1.165) is 24.2 Å². The monoisotopic (exact) mass is 332 g/mol. The van der Waals surface area contributed by atoms with E-state index in [-0.39, 0.29) is 11.5 Å². The molecule has 0 radical (unpaired) electrons. The van der Waals surface area contributed by atoms with Crippen LogP contribution in [0.3, 0.4) is 0 Å². The normalized spacial score (nSPS) is 10.8. The van der Waals surface area contributed by atoms with Crippen LogP contribution in [0.15, 0.2) is 33.5 Å². The lowest BCUT2D eigenvalue weighted by Gasteiger charge is -2.21. The molecule has 1 amide bonds. The fraction of sp³-hybridized carbons (Fsp3) is 0.444. The summed E-state index contributed by atoms with van der Waals surface area (Å²) in [6, 6.07) is 7.28. The van der Waals surface area contributed by atoms with Crippen molar-refractivity contribution in [1.29, 1.82) is 0 Å². The molecule has 2 rings (SSSR count). The minimum absolute atomic E-state index is 0.0386. The number of fused-ring (bicyclic) bond motifs is 1. The van der Waals surface area contributed by atoms with Crippen LogP contribution in [0, 0.1) is 0 Å². The van der Waals surface area contributed by atoms with E-state index in [9.17, 15) is 9.59 Å². The Morgan fingerprint density at radius 3 is 2.54 bits per heavy atom. The zero-order valence-electron chi connectivity index (χ0n) is 14.7. The van der Waals surface area contributed by atoms with Gasteiger partial charge in [0.15, 0.2) is 0 Å². The van der Waals surface area contributed by atoms with Gasteiger partial charge >= 0.3 is 5.63 Å². The molecule has 6 heteroatoms. The van der Waals surface area contributed by atoms with Gasteiger partial charge in [-0.3, -0.25) is 4.79 Å². The van der Waals surface area contributed by atoms with Crippen molar-refractivity contribution in [1.82, 2.24) is 4.90 Å². The fourth-order valence-electron chi connectivity index (χ4n) is 2.57. The van der Waals surface area contributed by atoms with Crippen LogP contribution in [-0.4, -0.2) is 51.2 Å². The molecule has 0 atom stereocenters. The molecule has 1 aromatic carbocycles. The van der Waals surface area contributed by atoms with E-state index in [1.54, 1.807) is 20.2 Å². The Morgan fingerprint density at radius 1 is 1.21 bits per heavy atom. The molecule has 0 spiro atoms. The number of rotatable bonds is 7. The molecular formula is C18H24N2O4. The second-order valence-corrected chi connectivity index (χ2v) is 5.56. The average Bonchev–Trinajstić information content (AvgIpc) is 2.59. The highest BCUT2D eigenvalue weighted by molar-refractivity contribution is 5.96. The highest BCUT2D eigenvalue weighted by Gasteiger charge is 2.18. The maximum Gasteiger partial charge on any atom is 0.349 e. The van der Waals surface area contributed by atoms with Crippen molar-refractivity contribution in [2.24, 2.45) is 0 Å². The van der Waals surface area contributed by atoms with Crippen LogP contribution in [0.2, 0.25) is 0 Å². The van der Waals surface area contributed by atoms with Gasteiger partial charge in [0.05, 0.1) is 6.61 Å². The quantitative estimate of drug-likeness (QED) is 0.728. The molecule has 1 aromatic heterocycles. The summed E-state index contributed by atoms with van der Waals surface area (Å²) in [6.45, 7) is 6.70. The first-order valence-corrected chi connectivity index (χ1v) is 8.09. The Bertz CT molecular complexity index is 765. The van der Waals surface area contributed by atoms with Crippen molar-refractivity contribution in [3.63, 3.8) is 0 Å². The van der Waals surface area contributed by atoms with Crippen molar-refractivity contribution < 1.29 is 13.9 Å². The van der Waals surface area contributed by atoms with E-state index in [0.29, 0.717) is 18.7 Å². The minimum Gasteiger partial charge on any atom is -0.422 e. The van der Waals surface area contributed by atoms with Gasteiger partial charge in [0.2, 0.25) is 0 Å². The Kier molecular flexibility index (Phi) is 5.98. The number of nitrogens with zero attached hydrogens (tertiary/aromatic N) is 2. The first kappa shape index (κ1) is 18.0. The Balaban J connectivity index is 2.38. The van der Waals surface area contributed by atoms with E-state index in [1.807, 2.05) is 18.2 Å². The molecule has 1 heterocycles. The summed E-state index contributed by atoms with van der Waals surface area (Å²) in [4.78, 5) is 28.2. The molecule has 0 aliphatic rings. The first-order valence-electron chi connectivity index (χ1n) is 8.09. The molecule has 0 fully saturated rings. The molecule has 0 saturated carbocycles. The number of carbonyl (C=O) groups is 1. The van der Waals surface area contributed by atoms with Crippen LogP contribution in [0.25, 0.3) is 11.0 Å². The van der Waals surface area contributed by atoms with Crippen LogP contribution in [0.1, 0.15) is 24.2 Å². The van der Waals surface area contributed by atoms with Gasteiger partial charge in [-0.15, -0.1) is 0 Å². The lowest BCUT2D eigenvalue weighted by molar-refractivity contribution is 0.0740. The number of anilines is 1. The van der Waals surface area contributed by atoms with Crippen LogP contribution in [0.4, 0.5) is 5.69 Å². The molecule has 0 saturated heterocycles. The van der Waals surface area contributed by atoms with Gasteiger partial charge in [-0.2, -0.15) is 0 Å². The molecule has 24 heavy (non-hydrogen) atoms. The highest BCUT2D eigenvalue weighted by atomic mass is 16.5. The van der Waals surface area contributed by atoms with Gasteiger partial charge in [-0.25, -0.2) is 4.79 Å². The second kappa shape index (κ2) is 7.97. The van der Waals surface area contributed by atoms with Crippen LogP contribution in [-0.2, 0) is 4.74 Å². The largest absolute Gasteiger partial charge is 0.422 e. The number of carbonyl (C=O) groups excluding carboxylic acids is 1. The van der Waals surface area contributed by atoms with Gasteiger partial charge < -0.3 is 19.0 Å². The average molecular weight is 332 g/mol. The second-order valence-electron chi connectivity index (χ2n) is 5.56. The summed E-state index contributed by atoms with van der Waals surface area (Å²) in [5.74, 6) is -0.365. The lowest BCUT2D eigenvalue weighted by atomic mass is 10.1. The third-order valence-electron chi connectivity index (χ3n) is 4.06. The van der Waals surface area contributed by atoms with Gasteiger partial charge in [0.25, 0.3) is 5.91 Å². The summed E-state index contributed by atoms with van der Waals surface area (Å²) in [6.07, 6.45) is 0. The summed E-state index contributed by atoms with van der Waals surface area (Å²) in [7, 11) is 3.20. The molecule has 0 unspecified atom stereocenters. The maximum absolute atomic E-state index is 12.4. The van der Waals surface area contributed by atoms with Crippen molar-refractivity contribution >= 4 is 22.6 Å². The van der Waals surface area contributed by atoms with Crippen molar-refractivity contribution in [3.05, 3.63) is 40.2 Å². The molecular weight excluding hydrogens is 308 g/mol. The predicted octanol–water partition coefficient (Wildman–Crippen LogP) is 2.36. The Labute approximate surface area is 141 Å². The highest BCUT2D eigenvalue weighted by Crippen LogP contribution is 2.22. The van der Waals surface area contributed by atoms with E-state index in [1.165, 1.54) is 4.90 Å². The molecule has 0 bridgehead atoms. The molecule has 0 aliphatic carbocycles. The number of hydrogen-bond acceptors (Lipinski definition) is 5. The third kappa shape index (κ3) is 3.76. The summed E-state index contributed by atoms with van der Waals surface area (Å²) in [5, 5.41) is 0.731. The number of ether oxygens (including phenoxy) is 1. The van der Waals surface area contributed by atoms with E-state index in [4.69, 9.17) is 9.15 Å².